The van der Waals surface area contributed by atoms with Crippen LogP contribution in [-0.2, 0) is 0 Å². The maximum Gasteiger partial charge on any atom is 0.316 e. The zero-order chi connectivity index (χ0) is 14.7. The summed E-state index contributed by atoms with van der Waals surface area (Å²) in [6, 6.07) is 9.49. The molecule has 0 amide bonds. The lowest BCUT2D eigenvalue weighted by Gasteiger charge is -2.11. The fourth-order valence-corrected chi connectivity index (χ4v) is 2.03. The summed E-state index contributed by atoms with van der Waals surface area (Å²) in [5.41, 5.74) is 3.03. The van der Waals surface area contributed by atoms with Crippen molar-refractivity contribution < 1.29 is 4.92 Å². The van der Waals surface area contributed by atoms with Crippen molar-refractivity contribution in [3.63, 3.8) is 0 Å². The molecular weight excluding hydrogens is 303 g/mol. The molecule has 0 aliphatic carbocycles. The van der Waals surface area contributed by atoms with Gasteiger partial charge in [-0.15, -0.1) is 0 Å². The standard InChI is InChI=1S/C12H10Cl2N4O2/c13-7-4-5-8(14)11(6-7)16-9-2-1-3-10(17-15)12(9)18(19)20/h1-6,16-17H,15H2. The van der Waals surface area contributed by atoms with Crippen molar-refractivity contribution >= 4 is 46.0 Å². The molecule has 6 nitrogen and oxygen atoms in total. The van der Waals surface area contributed by atoms with Crippen LogP contribution in [0.1, 0.15) is 0 Å². The second-order valence-corrected chi connectivity index (χ2v) is 4.70. The molecule has 2 aromatic rings. The first-order chi connectivity index (χ1) is 9.52. The highest BCUT2D eigenvalue weighted by Crippen LogP contribution is 2.36. The van der Waals surface area contributed by atoms with Crippen LogP contribution in [0.15, 0.2) is 36.4 Å². The summed E-state index contributed by atoms with van der Waals surface area (Å²) in [6.07, 6.45) is 0. The average molecular weight is 313 g/mol. The Hall–Kier alpha value is -2.02. The molecule has 4 N–H and O–H groups in total. The van der Waals surface area contributed by atoms with Crippen LogP contribution in [0.25, 0.3) is 0 Å². The molecule has 0 aliphatic rings. The zero-order valence-corrected chi connectivity index (χ0v) is 11.6. The van der Waals surface area contributed by atoms with Crippen LogP contribution in [0.5, 0.6) is 0 Å². The molecule has 2 aromatic carbocycles. The Kier molecular flexibility index (Phi) is 4.29. The molecule has 0 aromatic heterocycles. The number of para-hydroxylation sites is 1. The maximum absolute atomic E-state index is 11.2. The molecule has 0 atom stereocenters. The summed E-state index contributed by atoms with van der Waals surface area (Å²) in [5, 5.41) is 14.9. The third-order valence-electron chi connectivity index (χ3n) is 2.57. The highest BCUT2D eigenvalue weighted by molar-refractivity contribution is 6.35. The van der Waals surface area contributed by atoms with E-state index < -0.39 is 4.92 Å². The van der Waals surface area contributed by atoms with Gasteiger partial charge in [-0.3, -0.25) is 16.0 Å². The quantitative estimate of drug-likeness (QED) is 0.452. The molecule has 8 heteroatoms. The molecule has 2 rings (SSSR count). The van der Waals surface area contributed by atoms with Gasteiger partial charge in [0.2, 0.25) is 0 Å². The van der Waals surface area contributed by atoms with Crippen LogP contribution in [-0.4, -0.2) is 4.92 Å². The van der Waals surface area contributed by atoms with Crippen molar-refractivity contribution in [1.29, 1.82) is 0 Å². The number of nitrogen functional groups attached to an aromatic ring is 1. The van der Waals surface area contributed by atoms with Gasteiger partial charge in [-0.05, 0) is 30.3 Å². The molecule has 0 radical (unpaired) electrons. The first-order valence-electron chi connectivity index (χ1n) is 5.49. The second-order valence-electron chi connectivity index (χ2n) is 3.85. The molecule has 0 bridgehead atoms. The Bertz CT molecular complexity index is 664. The molecule has 0 heterocycles. The molecule has 0 saturated heterocycles. The van der Waals surface area contributed by atoms with E-state index in [4.69, 9.17) is 29.0 Å². The summed E-state index contributed by atoms with van der Waals surface area (Å²) >= 11 is 11.9. The lowest BCUT2D eigenvalue weighted by Crippen LogP contribution is -2.10. The number of hydrogen-bond donors (Lipinski definition) is 3. The molecule has 104 valence electrons. The summed E-state index contributed by atoms with van der Waals surface area (Å²) in [7, 11) is 0. The number of nitro groups is 1. The summed E-state index contributed by atoms with van der Waals surface area (Å²) < 4.78 is 0. The van der Waals surface area contributed by atoms with E-state index in [9.17, 15) is 10.1 Å². The minimum atomic E-state index is -0.532. The van der Waals surface area contributed by atoms with Crippen LogP contribution in [0.4, 0.5) is 22.7 Å². The summed E-state index contributed by atoms with van der Waals surface area (Å²) in [4.78, 5) is 10.6. The number of benzene rings is 2. The van der Waals surface area contributed by atoms with Crippen molar-refractivity contribution in [2.24, 2.45) is 5.84 Å². The second kappa shape index (κ2) is 5.96. The van der Waals surface area contributed by atoms with Gasteiger partial charge in [-0.1, -0.05) is 29.3 Å². The maximum atomic E-state index is 11.2. The van der Waals surface area contributed by atoms with E-state index in [2.05, 4.69) is 10.7 Å². The molecule has 20 heavy (non-hydrogen) atoms. The number of nitrogens with two attached hydrogens (primary N) is 1. The molecular formula is C12H10Cl2N4O2. The predicted octanol–water partition coefficient (Wildman–Crippen LogP) is 3.93. The Balaban J connectivity index is 2.48. The van der Waals surface area contributed by atoms with Crippen LogP contribution in [0.2, 0.25) is 10.0 Å². The van der Waals surface area contributed by atoms with Crippen molar-refractivity contribution in [3.05, 3.63) is 56.6 Å². The lowest BCUT2D eigenvalue weighted by molar-refractivity contribution is -0.383. The summed E-state index contributed by atoms with van der Waals surface area (Å²) in [6.45, 7) is 0. The van der Waals surface area contributed by atoms with Gasteiger partial charge in [0, 0.05) is 5.02 Å². The highest BCUT2D eigenvalue weighted by atomic mass is 35.5. The van der Waals surface area contributed by atoms with Crippen LogP contribution >= 0.6 is 23.2 Å². The SMILES string of the molecule is NNc1cccc(Nc2cc(Cl)ccc2Cl)c1[N+](=O)[O-]. The fraction of sp³-hybridized carbons (Fsp3) is 0. The Morgan fingerprint density at radius 2 is 1.80 bits per heavy atom. The first-order valence-corrected chi connectivity index (χ1v) is 6.24. The summed E-state index contributed by atoms with van der Waals surface area (Å²) in [5.74, 6) is 5.28. The number of nitro benzene ring substituents is 1. The Morgan fingerprint density at radius 1 is 1.10 bits per heavy atom. The largest absolute Gasteiger partial charge is 0.349 e. The number of hydrazine groups is 1. The molecule has 0 spiro atoms. The third kappa shape index (κ3) is 2.93. The van der Waals surface area contributed by atoms with Gasteiger partial charge in [-0.25, -0.2) is 0 Å². The number of nitrogens with zero attached hydrogens (tertiary/aromatic N) is 1. The Labute approximate surface area is 124 Å². The van der Waals surface area contributed by atoms with Gasteiger partial charge >= 0.3 is 5.69 Å². The lowest BCUT2D eigenvalue weighted by atomic mass is 10.2. The number of hydrogen-bond acceptors (Lipinski definition) is 5. The van der Waals surface area contributed by atoms with Crippen LogP contribution in [0, 0.1) is 10.1 Å². The predicted molar refractivity (Wildman–Crippen MR) is 80.7 cm³/mol. The minimum Gasteiger partial charge on any atom is -0.349 e. The van der Waals surface area contributed by atoms with E-state index >= 15 is 0 Å². The normalized spacial score (nSPS) is 10.2. The van der Waals surface area contributed by atoms with Crippen molar-refractivity contribution in [1.82, 2.24) is 0 Å². The molecule has 0 unspecified atom stereocenters. The van der Waals surface area contributed by atoms with Crippen LogP contribution < -0.4 is 16.6 Å². The molecule has 0 saturated carbocycles. The van der Waals surface area contributed by atoms with E-state index in [1.807, 2.05) is 0 Å². The monoisotopic (exact) mass is 312 g/mol. The Morgan fingerprint density at radius 3 is 2.45 bits per heavy atom. The van der Waals surface area contributed by atoms with E-state index in [-0.39, 0.29) is 17.1 Å². The number of nitrogens with one attached hydrogen (secondary N) is 2. The van der Waals surface area contributed by atoms with Crippen molar-refractivity contribution in [2.45, 2.75) is 0 Å². The van der Waals surface area contributed by atoms with Gasteiger partial charge in [0.1, 0.15) is 11.4 Å². The van der Waals surface area contributed by atoms with Gasteiger partial charge in [0.15, 0.2) is 0 Å². The van der Waals surface area contributed by atoms with Crippen LogP contribution in [0.3, 0.4) is 0 Å². The van der Waals surface area contributed by atoms with Crippen molar-refractivity contribution in [2.75, 3.05) is 10.7 Å². The molecule has 0 aliphatic heterocycles. The van der Waals surface area contributed by atoms with E-state index in [1.54, 1.807) is 30.3 Å². The minimum absolute atomic E-state index is 0.175. The molecule has 0 fully saturated rings. The van der Waals surface area contributed by atoms with Gasteiger partial charge in [0.05, 0.1) is 15.6 Å². The van der Waals surface area contributed by atoms with Gasteiger partial charge in [-0.2, -0.15) is 0 Å². The van der Waals surface area contributed by atoms with E-state index in [1.165, 1.54) is 6.07 Å². The third-order valence-corrected chi connectivity index (χ3v) is 3.14. The van der Waals surface area contributed by atoms with Gasteiger partial charge in [0.25, 0.3) is 0 Å². The number of halogens is 2. The number of rotatable bonds is 4. The smallest absolute Gasteiger partial charge is 0.316 e. The van der Waals surface area contributed by atoms with Crippen molar-refractivity contribution in [3.8, 4) is 0 Å². The van der Waals surface area contributed by atoms with E-state index in [0.29, 0.717) is 15.7 Å². The highest BCUT2D eigenvalue weighted by Gasteiger charge is 2.19. The van der Waals surface area contributed by atoms with E-state index in [0.717, 1.165) is 0 Å². The number of anilines is 3. The average Bonchev–Trinajstić information content (AvgIpc) is 2.42. The fourth-order valence-electron chi connectivity index (χ4n) is 1.70. The topological polar surface area (TPSA) is 93.2 Å². The van der Waals surface area contributed by atoms with Gasteiger partial charge < -0.3 is 10.7 Å². The zero-order valence-electron chi connectivity index (χ0n) is 10.1. The first kappa shape index (κ1) is 14.4.